The Balaban J connectivity index is 1.79. The minimum atomic E-state index is -0.370. The lowest BCUT2D eigenvalue weighted by Gasteiger charge is -2.13. The van der Waals surface area contributed by atoms with E-state index in [9.17, 15) is 9.59 Å². The van der Waals surface area contributed by atoms with Crippen molar-refractivity contribution in [1.82, 2.24) is 9.36 Å². The summed E-state index contributed by atoms with van der Waals surface area (Å²) in [4.78, 5) is 25.3. The summed E-state index contributed by atoms with van der Waals surface area (Å²) >= 11 is 0. The molecular weight excluding hydrogens is 354 g/mol. The Morgan fingerprint density at radius 2 is 1.64 bits per heavy atom. The highest BCUT2D eigenvalue weighted by Gasteiger charge is 2.18. The van der Waals surface area contributed by atoms with Crippen LogP contribution < -0.4 is 15.6 Å². The first kappa shape index (κ1) is 19.5. The van der Waals surface area contributed by atoms with Crippen molar-refractivity contribution < 1.29 is 9.53 Å². The number of rotatable bonds is 5. The van der Waals surface area contributed by atoms with Gasteiger partial charge in [0, 0.05) is 7.05 Å². The van der Waals surface area contributed by atoms with Crippen molar-refractivity contribution in [2.24, 2.45) is 7.05 Å². The Morgan fingerprint density at radius 1 is 1.04 bits per heavy atom. The average Bonchev–Trinajstić information content (AvgIpc) is 2.85. The second kappa shape index (κ2) is 7.76. The Bertz CT molecular complexity index is 1060. The van der Waals surface area contributed by atoms with Gasteiger partial charge in [0.1, 0.15) is 11.4 Å². The molecule has 2 aromatic carbocycles. The van der Waals surface area contributed by atoms with Crippen LogP contribution >= 0.6 is 0 Å². The van der Waals surface area contributed by atoms with Crippen molar-refractivity contribution in [2.45, 2.75) is 27.7 Å². The van der Waals surface area contributed by atoms with Gasteiger partial charge >= 0.3 is 0 Å². The lowest BCUT2D eigenvalue weighted by molar-refractivity contribution is -0.118. The highest BCUT2D eigenvalue weighted by atomic mass is 16.5. The summed E-state index contributed by atoms with van der Waals surface area (Å²) in [6.45, 7) is 7.56. The van der Waals surface area contributed by atoms with Crippen LogP contribution in [-0.2, 0) is 11.8 Å². The topological polar surface area (TPSA) is 65.3 Å². The van der Waals surface area contributed by atoms with Crippen LogP contribution in [0.2, 0.25) is 0 Å². The maximum absolute atomic E-state index is 12.9. The number of nitrogens with zero attached hydrogens (tertiary/aromatic N) is 2. The molecule has 0 atom stereocenters. The standard InChI is InChI=1S/C22H25N3O3/c1-14-11-15(2)21(16(3)12-14)28-13-19(26)23-20-17(4)24(5)25(22(20)27)18-9-7-6-8-10-18/h6-12H,13H2,1-5H3,(H,23,26). The molecule has 0 aliphatic carbocycles. The highest BCUT2D eigenvalue weighted by molar-refractivity contribution is 5.92. The summed E-state index contributed by atoms with van der Waals surface area (Å²) < 4.78 is 8.98. The SMILES string of the molecule is Cc1cc(C)c(OCC(=O)Nc2c(C)n(C)n(-c3ccccc3)c2=O)c(C)c1. The zero-order valence-corrected chi connectivity index (χ0v) is 16.9. The maximum Gasteiger partial charge on any atom is 0.295 e. The number of aryl methyl sites for hydroxylation is 3. The predicted octanol–water partition coefficient (Wildman–Crippen LogP) is 3.43. The number of hydrogen-bond acceptors (Lipinski definition) is 3. The number of benzene rings is 2. The van der Waals surface area contributed by atoms with E-state index in [1.54, 1.807) is 18.7 Å². The third-order valence-corrected chi connectivity index (χ3v) is 4.77. The van der Waals surface area contributed by atoms with E-state index in [1.807, 2.05) is 63.2 Å². The second-order valence-corrected chi connectivity index (χ2v) is 7.00. The number of carbonyl (C=O) groups excluding carboxylic acids is 1. The summed E-state index contributed by atoms with van der Waals surface area (Å²) in [7, 11) is 1.79. The average molecular weight is 379 g/mol. The van der Waals surface area contributed by atoms with Gasteiger partial charge in [0.25, 0.3) is 11.5 Å². The van der Waals surface area contributed by atoms with E-state index < -0.39 is 0 Å². The zero-order chi connectivity index (χ0) is 20.4. The fraction of sp³-hybridized carbons (Fsp3) is 0.273. The maximum atomic E-state index is 12.9. The van der Waals surface area contributed by atoms with Crippen LogP contribution in [0.3, 0.4) is 0 Å². The van der Waals surface area contributed by atoms with Gasteiger partial charge in [-0.2, -0.15) is 0 Å². The van der Waals surface area contributed by atoms with Crippen molar-refractivity contribution in [3.63, 3.8) is 0 Å². The number of para-hydroxylation sites is 1. The molecule has 0 spiro atoms. The Hall–Kier alpha value is -3.28. The molecule has 28 heavy (non-hydrogen) atoms. The Morgan fingerprint density at radius 3 is 2.25 bits per heavy atom. The fourth-order valence-electron chi connectivity index (χ4n) is 3.42. The van der Waals surface area contributed by atoms with Gasteiger partial charge in [0.2, 0.25) is 0 Å². The molecule has 3 aromatic rings. The summed E-state index contributed by atoms with van der Waals surface area (Å²) in [5, 5.41) is 2.71. The molecule has 6 heteroatoms. The number of amides is 1. The number of ether oxygens (including phenoxy) is 1. The predicted molar refractivity (Wildman–Crippen MR) is 111 cm³/mol. The van der Waals surface area contributed by atoms with Gasteiger partial charge in [0.15, 0.2) is 6.61 Å². The molecular formula is C22H25N3O3. The molecule has 6 nitrogen and oxygen atoms in total. The number of hydrogen-bond donors (Lipinski definition) is 1. The van der Waals surface area contributed by atoms with Gasteiger partial charge < -0.3 is 10.1 Å². The Labute approximate surface area is 164 Å². The summed E-state index contributed by atoms with van der Waals surface area (Å²) in [5.74, 6) is 0.331. The monoisotopic (exact) mass is 379 g/mol. The minimum Gasteiger partial charge on any atom is -0.483 e. The van der Waals surface area contributed by atoms with Crippen LogP contribution in [0.1, 0.15) is 22.4 Å². The first-order valence-corrected chi connectivity index (χ1v) is 9.14. The molecule has 0 aliphatic rings. The Kier molecular flexibility index (Phi) is 5.40. The molecule has 1 N–H and O–H groups in total. The third-order valence-electron chi connectivity index (χ3n) is 4.77. The van der Waals surface area contributed by atoms with Crippen LogP contribution in [-0.4, -0.2) is 21.9 Å². The van der Waals surface area contributed by atoms with Crippen molar-refractivity contribution in [1.29, 1.82) is 0 Å². The van der Waals surface area contributed by atoms with E-state index >= 15 is 0 Å². The second-order valence-electron chi connectivity index (χ2n) is 7.00. The molecule has 1 aromatic heterocycles. The van der Waals surface area contributed by atoms with E-state index in [0.29, 0.717) is 11.4 Å². The van der Waals surface area contributed by atoms with Crippen molar-refractivity contribution in [3.8, 4) is 11.4 Å². The first-order chi connectivity index (χ1) is 13.3. The van der Waals surface area contributed by atoms with E-state index in [2.05, 4.69) is 5.32 Å². The first-order valence-electron chi connectivity index (χ1n) is 9.14. The van der Waals surface area contributed by atoms with Gasteiger partial charge in [0.05, 0.1) is 11.4 Å². The van der Waals surface area contributed by atoms with Gasteiger partial charge in [-0.3, -0.25) is 14.3 Å². The molecule has 3 rings (SSSR count). The molecule has 0 bridgehead atoms. The molecule has 0 radical (unpaired) electrons. The molecule has 0 saturated carbocycles. The van der Waals surface area contributed by atoms with Crippen molar-refractivity contribution in [3.05, 3.63) is 75.2 Å². The molecule has 0 fully saturated rings. The lowest BCUT2D eigenvalue weighted by Crippen LogP contribution is -2.26. The van der Waals surface area contributed by atoms with Gasteiger partial charge in [-0.1, -0.05) is 35.9 Å². The fourth-order valence-corrected chi connectivity index (χ4v) is 3.42. The van der Waals surface area contributed by atoms with Gasteiger partial charge in [-0.15, -0.1) is 0 Å². The molecule has 1 heterocycles. The molecule has 0 unspecified atom stereocenters. The number of anilines is 1. The van der Waals surface area contributed by atoms with Crippen LogP contribution in [0.15, 0.2) is 47.3 Å². The quantitative estimate of drug-likeness (QED) is 0.739. The lowest BCUT2D eigenvalue weighted by atomic mass is 10.1. The van der Waals surface area contributed by atoms with Crippen LogP contribution in [0.25, 0.3) is 5.69 Å². The van der Waals surface area contributed by atoms with E-state index in [-0.39, 0.29) is 23.8 Å². The van der Waals surface area contributed by atoms with Crippen LogP contribution in [0.5, 0.6) is 5.75 Å². The normalized spacial score (nSPS) is 10.8. The highest BCUT2D eigenvalue weighted by Crippen LogP contribution is 2.24. The van der Waals surface area contributed by atoms with E-state index in [4.69, 9.17) is 4.74 Å². The zero-order valence-electron chi connectivity index (χ0n) is 16.9. The van der Waals surface area contributed by atoms with Gasteiger partial charge in [-0.05, 0) is 51.0 Å². The summed E-state index contributed by atoms with van der Waals surface area (Å²) in [6.07, 6.45) is 0. The molecule has 0 aliphatic heterocycles. The number of aromatic nitrogens is 2. The van der Waals surface area contributed by atoms with E-state index in [0.717, 1.165) is 22.4 Å². The minimum absolute atomic E-state index is 0.163. The molecule has 1 amide bonds. The summed E-state index contributed by atoms with van der Waals surface area (Å²) in [5.41, 5.74) is 4.50. The van der Waals surface area contributed by atoms with Crippen molar-refractivity contribution >= 4 is 11.6 Å². The van der Waals surface area contributed by atoms with Gasteiger partial charge in [-0.25, -0.2) is 4.68 Å². The van der Waals surface area contributed by atoms with E-state index in [1.165, 1.54) is 4.68 Å². The smallest absolute Gasteiger partial charge is 0.295 e. The number of nitrogens with one attached hydrogen (secondary N) is 1. The van der Waals surface area contributed by atoms with Crippen LogP contribution in [0.4, 0.5) is 5.69 Å². The van der Waals surface area contributed by atoms with Crippen LogP contribution in [0, 0.1) is 27.7 Å². The largest absolute Gasteiger partial charge is 0.483 e. The summed E-state index contributed by atoms with van der Waals surface area (Å²) in [6, 6.07) is 13.3. The molecule has 0 saturated heterocycles. The van der Waals surface area contributed by atoms with Crippen molar-refractivity contribution in [2.75, 3.05) is 11.9 Å². The third kappa shape index (κ3) is 3.71. The number of carbonyl (C=O) groups is 1. The molecule has 146 valence electrons.